The number of nitrogens with zero attached hydrogens (tertiary/aromatic N) is 2. The normalized spacial score (nSPS) is 10.6. The van der Waals surface area contributed by atoms with Crippen molar-refractivity contribution in [3.05, 3.63) is 41.2 Å². The first kappa shape index (κ1) is 14.1. The van der Waals surface area contributed by atoms with Crippen LogP contribution in [0.1, 0.15) is 23.4 Å². The summed E-state index contributed by atoms with van der Waals surface area (Å²) in [6.45, 7) is 3.95. The Labute approximate surface area is 117 Å². The first-order chi connectivity index (χ1) is 9.51. The Kier molecular flexibility index (Phi) is 4.08. The smallest absolute Gasteiger partial charge is 0.303 e. The number of hydrogen-bond donors (Lipinski definition) is 1. The highest BCUT2D eigenvalue weighted by molar-refractivity contribution is 5.67. The molecule has 0 unspecified atom stereocenters. The average Bonchev–Trinajstić information content (AvgIpc) is 2.77. The first-order valence-electron chi connectivity index (χ1n) is 6.43. The number of aromatic nitrogens is 2. The maximum atomic E-state index is 10.6. The van der Waals surface area contributed by atoms with Gasteiger partial charge in [-0.05, 0) is 37.6 Å². The highest BCUT2D eigenvalue weighted by Gasteiger charge is 2.12. The van der Waals surface area contributed by atoms with Crippen molar-refractivity contribution in [1.82, 2.24) is 9.78 Å². The van der Waals surface area contributed by atoms with Gasteiger partial charge in [-0.25, -0.2) is 4.68 Å². The summed E-state index contributed by atoms with van der Waals surface area (Å²) in [6, 6.07) is 7.79. The van der Waals surface area contributed by atoms with E-state index in [2.05, 4.69) is 5.10 Å². The molecule has 0 aliphatic carbocycles. The van der Waals surface area contributed by atoms with Gasteiger partial charge in [0, 0.05) is 12.1 Å². The molecule has 20 heavy (non-hydrogen) atoms. The molecule has 2 rings (SSSR count). The number of aryl methyl sites for hydroxylation is 3. The minimum atomic E-state index is -0.815. The third kappa shape index (κ3) is 2.99. The van der Waals surface area contributed by atoms with Crippen molar-refractivity contribution in [2.45, 2.75) is 26.7 Å². The van der Waals surface area contributed by atoms with E-state index in [4.69, 9.17) is 9.84 Å². The Balaban J connectivity index is 2.37. The zero-order valence-corrected chi connectivity index (χ0v) is 11.9. The second-order valence-corrected chi connectivity index (χ2v) is 4.76. The molecule has 0 spiro atoms. The largest absolute Gasteiger partial charge is 0.494 e. The molecule has 0 bridgehead atoms. The molecule has 0 saturated heterocycles. The summed E-state index contributed by atoms with van der Waals surface area (Å²) >= 11 is 0. The van der Waals surface area contributed by atoms with E-state index in [9.17, 15) is 4.79 Å². The first-order valence-corrected chi connectivity index (χ1v) is 6.43. The van der Waals surface area contributed by atoms with Crippen LogP contribution in [0.2, 0.25) is 0 Å². The van der Waals surface area contributed by atoms with Gasteiger partial charge in [-0.15, -0.1) is 0 Å². The van der Waals surface area contributed by atoms with E-state index in [1.54, 1.807) is 11.8 Å². The lowest BCUT2D eigenvalue weighted by Gasteiger charge is -2.11. The SMILES string of the molecule is COc1ccc(C)cc1-n1nc(CCC(=O)O)cc1C. The van der Waals surface area contributed by atoms with Gasteiger partial charge in [0.25, 0.3) is 0 Å². The van der Waals surface area contributed by atoms with Crippen molar-refractivity contribution in [3.8, 4) is 11.4 Å². The van der Waals surface area contributed by atoms with Crippen LogP contribution in [-0.4, -0.2) is 28.0 Å². The Morgan fingerprint density at radius 2 is 2.10 bits per heavy atom. The van der Waals surface area contributed by atoms with Gasteiger partial charge in [-0.2, -0.15) is 5.10 Å². The molecule has 0 fully saturated rings. The molecule has 1 N–H and O–H groups in total. The van der Waals surface area contributed by atoms with Gasteiger partial charge in [-0.3, -0.25) is 4.79 Å². The molecular formula is C15H18N2O3. The maximum Gasteiger partial charge on any atom is 0.303 e. The lowest BCUT2D eigenvalue weighted by atomic mass is 10.2. The number of benzene rings is 1. The van der Waals surface area contributed by atoms with Gasteiger partial charge >= 0.3 is 5.97 Å². The van der Waals surface area contributed by atoms with Crippen molar-refractivity contribution < 1.29 is 14.6 Å². The summed E-state index contributed by atoms with van der Waals surface area (Å²) < 4.78 is 7.16. The molecule has 1 aromatic carbocycles. The summed E-state index contributed by atoms with van der Waals surface area (Å²) in [7, 11) is 1.62. The number of ether oxygens (including phenoxy) is 1. The molecule has 1 aromatic heterocycles. The van der Waals surface area contributed by atoms with Gasteiger partial charge in [-0.1, -0.05) is 6.07 Å². The van der Waals surface area contributed by atoms with E-state index in [1.165, 1.54) is 0 Å². The molecular weight excluding hydrogens is 256 g/mol. The number of aliphatic carboxylic acids is 1. The second kappa shape index (κ2) is 5.77. The van der Waals surface area contributed by atoms with Crippen molar-refractivity contribution >= 4 is 5.97 Å². The van der Waals surface area contributed by atoms with Crippen LogP contribution in [0.3, 0.4) is 0 Å². The Bertz CT molecular complexity index is 632. The number of rotatable bonds is 5. The van der Waals surface area contributed by atoms with E-state index in [0.29, 0.717) is 6.42 Å². The van der Waals surface area contributed by atoms with Crippen LogP contribution in [0.15, 0.2) is 24.3 Å². The highest BCUT2D eigenvalue weighted by atomic mass is 16.5. The van der Waals surface area contributed by atoms with Crippen LogP contribution in [0, 0.1) is 13.8 Å². The number of carbonyl (C=O) groups is 1. The van der Waals surface area contributed by atoms with Crippen LogP contribution in [0.5, 0.6) is 5.75 Å². The monoisotopic (exact) mass is 274 g/mol. The van der Waals surface area contributed by atoms with Gasteiger partial charge in [0.1, 0.15) is 11.4 Å². The van der Waals surface area contributed by atoms with E-state index in [1.807, 2.05) is 38.1 Å². The predicted octanol–water partition coefficient (Wildman–Crippen LogP) is 2.51. The zero-order chi connectivity index (χ0) is 14.7. The number of carboxylic acids is 1. The molecule has 0 amide bonds. The molecule has 0 radical (unpaired) electrons. The van der Waals surface area contributed by atoms with Gasteiger partial charge in [0.05, 0.1) is 19.2 Å². The zero-order valence-electron chi connectivity index (χ0n) is 11.9. The molecule has 0 saturated carbocycles. The van der Waals surface area contributed by atoms with E-state index in [0.717, 1.165) is 28.4 Å². The van der Waals surface area contributed by atoms with Crippen molar-refractivity contribution in [2.75, 3.05) is 7.11 Å². The average molecular weight is 274 g/mol. The molecule has 106 valence electrons. The van der Waals surface area contributed by atoms with Crippen LogP contribution >= 0.6 is 0 Å². The quantitative estimate of drug-likeness (QED) is 0.910. The van der Waals surface area contributed by atoms with Crippen LogP contribution < -0.4 is 4.74 Å². The summed E-state index contributed by atoms with van der Waals surface area (Å²) in [5.74, 6) is -0.0723. The lowest BCUT2D eigenvalue weighted by molar-refractivity contribution is -0.136. The highest BCUT2D eigenvalue weighted by Crippen LogP contribution is 2.25. The molecule has 2 aromatic rings. The minimum absolute atomic E-state index is 0.0847. The standard InChI is InChI=1S/C15H18N2O3/c1-10-4-6-14(20-3)13(8-10)17-11(2)9-12(16-17)5-7-15(18)19/h4,6,8-9H,5,7H2,1-3H3,(H,18,19). The van der Waals surface area contributed by atoms with Crippen molar-refractivity contribution in [2.24, 2.45) is 0 Å². The Morgan fingerprint density at radius 3 is 2.75 bits per heavy atom. The van der Waals surface area contributed by atoms with Gasteiger partial charge in [0.15, 0.2) is 0 Å². The molecule has 5 heteroatoms. The summed E-state index contributed by atoms with van der Waals surface area (Å²) in [4.78, 5) is 10.6. The summed E-state index contributed by atoms with van der Waals surface area (Å²) in [5.41, 5.74) is 3.71. The van der Waals surface area contributed by atoms with Gasteiger partial charge < -0.3 is 9.84 Å². The van der Waals surface area contributed by atoms with Crippen LogP contribution in [-0.2, 0) is 11.2 Å². The van der Waals surface area contributed by atoms with E-state index < -0.39 is 5.97 Å². The van der Waals surface area contributed by atoms with Crippen LogP contribution in [0.25, 0.3) is 5.69 Å². The molecule has 1 heterocycles. The van der Waals surface area contributed by atoms with Crippen molar-refractivity contribution in [3.63, 3.8) is 0 Å². The third-order valence-electron chi connectivity index (χ3n) is 3.10. The van der Waals surface area contributed by atoms with E-state index in [-0.39, 0.29) is 6.42 Å². The Morgan fingerprint density at radius 1 is 1.35 bits per heavy atom. The topological polar surface area (TPSA) is 64.4 Å². The van der Waals surface area contributed by atoms with Crippen LogP contribution in [0.4, 0.5) is 0 Å². The fraction of sp³-hybridized carbons (Fsp3) is 0.333. The summed E-state index contributed by atoms with van der Waals surface area (Å²) in [6.07, 6.45) is 0.513. The molecule has 5 nitrogen and oxygen atoms in total. The fourth-order valence-corrected chi connectivity index (χ4v) is 2.11. The number of methoxy groups -OCH3 is 1. The summed E-state index contributed by atoms with van der Waals surface area (Å²) in [5, 5.41) is 13.2. The fourth-order valence-electron chi connectivity index (χ4n) is 2.11. The Hall–Kier alpha value is -2.30. The van der Waals surface area contributed by atoms with E-state index >= 15 is 0 Å². The molecule has 0 aliphatic heterocycles. The number of carboxylic acid groups (broad SMARTS) is 1. The number of hydrogen-bond acceptors (Lipinski definition) is 3. The van der Waals surface area contributed by atoms with Gasteiger partial charge in [0.2, 0.25) is 0 Å². The molecule has 0 atom stereocenters. The van der Waals surface area contributed by atoms with Crippen molar-refractivity contribution in [1.29, 1.82) is 0 Å². The second-order valence-electron chi connectivity index (χ2n) is 4.76. The lowest BCUT2D eigenvalue weighted by Crippen LogP contribution is -2.03. The third-order valence-corrected chi connectivity index (χ3v) is 3.10. The maximum absolute atomic E-state index is 10.6. The predicted molar refractivity (Wildman–Crippen MR) is 75.5 cm³/mol. The minimum Gasteiger partial charge on any atom is -0.494 e. The molecule has 0 aliphatic rings.